The number of aromatic nitrogens is 2. The van der Waals surface area contributed by atoms with Gasteiger partial charge in [-0.05, 0) is 12.1 Å². The molecule has 8 heteroatoms. The van der Waals surface area contributed by atoms with Crippen LogP contribution in [-0.4, -0.2) is 38.1 Å². The smallest absolute Gasteiger partial charge is 0.186 e. The number of carbonyl (C=O) groups excluding carboxylic acids is 2. The third-order valence-corrected chi connectivity index (χ3v) is 5.04. The number of nitrogens with zero attached hydrogens (tertiary/aromatic N) is 2. The number of hydrogen-bond donors (Lipinski definition) is 1. The van der Waals surface area contributed by atoms with Crippen molar-refractivity contribution in [2.24, 2.45) is 0 Å². The third-order valence-electron chi connectivity index (χ3n) is 2.86. The van der Waals surface area contributed by atoms with E-state index in [0.717, 1.165) is 11.8 Å². The summed E-state index contributed by atoms with van der Waals surface area (Å²) in [6.07, 6.45) is 3.20. The fourth-order valence-electron chi connectivity index (χ4n) is 1.70. The highest BCUT2D eigenvalue weighted by atomic mass is 32.2. The molecule has 2 aromatic rings. The van der Waals surface area contributed by atoms with Gasteiger partial charge >= 0.3 is 0 Å². The Balaban J connectivity index is 2.15. The van der Waals surface area contributed by atoms with Gasteiger partial charge in [0.15, 0.2) is 21.9 Å². The molecule has 0 aliphatic carbocycles. The average Bonchev–Trinajstić information content (AvgIpc) is 3.05. The van der Waals surface area contributed by atoms with Crippen molar-refractivity contribution in [3.8, 4) is 0 Å². The summed E-state index contributed by atoms with van der Waals surface area (Å²) in [5.41, 5.74) is 1.13. The molecule has 0 fully saturated rings. The molecule has 0 aliphatic heterocycles. The molecule has 0 saturated carbocycles. The van der Waals surface area contributed by atoms with Crippen LogP contribution in [0, 0.1) is 0 Å². The number of thioether (sulfide) groups is 1. The van der Waals surface area contributed by atoms with Gasteiger partial charge in [0.1, 0.15) is 0 Å². The van der Waals surface area contributed by atoms with Crippen LogP contribution in [0.15, 0.2) is 41.6 Å². The molecule has 0 spiro atoms. The lowest BCUT2D eigenvalue weighted by molar-refractivity contribution is -0.109. The Bertz CT molecular complexity index is 701. The monoisotopic (exact) mass is 337 g/mol. The van der Waals surface area contributed by atoms with Crippen LogP contribution in [-0.2, 0) is 15.8 Å². The number of carbonyl (C=O) groups is 2. The summed E-state index contributed by atoms with van der Waals surface area (Å²) in [4.78, 5) is 23.5. The average molecular weight is 337 g/mol. The van der Waals surface area contributed by atoms with Crippen molar-refractivity contribution in [3.63, 3.8) is 0 Å². The molecule has 0 bridgehead atoms. The van der Waals surface area contributed by atoms with Crippen LogP contribution in [0.3, 0.4) is 0 Å². The van der Waals surface area contributed by atoms with Crippen molar-refractivity contribution in [1.82, 2.24) is 10.2 Å². The summed E-state index contributed by atoms with van der Waals surface area (Å²) in [6.45, 7) is 1.42. The van der Waals surface area contributed by atoms with Crippen LogP contribution in [0.2, 0.25) is 0 Å². The topological polar surface area (TPSA) is 83.1 Å². The normalized spacial score (nSPS) is 11.9. The van der Waals surface area contributed by atoms with Gasteiger partial charge < -0.3 is 0 Å². The zero-order valence-corrected chi connectivity index (χ0v) is 13.7. The number of benzene rings is 1. The first-order valence-corrected chi connectivity index (χ1v) is 8.49. The molecule has 1 aromatic carbocycles. The largest absolute Gasteiger partial charge is 0.293 e. The number of ketones is 1. The van der Waals surface area contributed by atoms with Gasteiger partial charge in [-0.25, -0.2) is 4.21 Å². The Morgan fingerprint density at radius 1 is 1.41 bits per heavy atom. The first-order valence-electron chi connectivity index (χ1n) is 6.40. The van der Waals surface area contributed by atoms with Gasteiger partial charge in [-0.15, -0.1) is 0 Å². The summed E-state index contributed by atoms with van der Waals surface area (Å²) >= 11 is 0.966. The van der Waals surface area contributed by atoms with Crippen LogP contribution >= 0.6 is 11.8 Å². The fraction of sp³-hybridized carbons (Fsp3) is 0.214. The second kappa shape index (κ2) is 7.37. The Hall–Kier alpha value is -1.93. The van der Waals surface area contributed by atoms with Gasteiger partial charge in [0, 0.05) is 25.7 Å². The Kier molecular flexibility index (Phi) is 5.51. The van der Waals surface area contributed by atoms with E-state index >= 15 is 0 Å². The van der Waals surface area contributed by atoms with Gasteiger partial charge in [0.05, 0.1) is 22.5 Å². The molecule has 1 aromatic heterocycles. The Morgan fingerprint density at radius 3 is 2.82 bits per heavy atom. The molecule has 0 saturated heterocycles. The highest BCUT2D eigenvalue weighted by Gasteiger charge is 2.15. The molecule has 1 atom stereocenters. The van der Waals surface area contributed by atoms with Gasteiger partial charge in [0.2, 0.25) is 0 Å². The second-order valence-corrected chi connectivity index (χ2v) is 7.10. The lowest BCUT2D eigenvalue weighted by Gasteiger charge is -2.16. The van der Waals surface area contributed by atoms with E-state index < -0.39 is 11.0 Å². The van der Waals surface area contributed by atoms with E-state index in [1.165, 1.54) is 6.92 Å². The predicted octanol–water partition coefficient (Wildman–Crippen LogP) is 2.03. The number of Topliss-reactive ketones (excluding diaryl/α,β-unsaturated/α-hetero) is 1. The minimum Gasteiger partial charge on any atom is -0.293 e. The Morgan fingerprint density at radius 2 is 2.18 bits per heavy atom. The van der Waals surface area contributed by atoms with Gasteiger partial charge in [-0.1, -0.05) is 23.9 Å². The Labute approximate surface area is 134 Å². The maximum absolute atomic E-state index is 12.5. The van der Waals surface area contributed by atoms with E-state index in [1.807, 2.05) is 0 Å². The summed E-state index contributed by atoms with van der Waals surface area (Å²) < 4.78 is 14.1. The van der Waals surface area contributed by atoms with Crippen LogP contribution in [0.5, 0.6) is 0 Å². The number of aromatic amines is 1. The maximum Gasteiger partial charge on any atom is 0.186 e. The molecule has 22 heavy (non-hydrogen) atoms. The predicted molar refractivity (Wildman–Crippen MR) is 87.3 cm³/mol. The quantitative estimate of drug-likeness (QED) is 0.816. The van der Waals surface area contributed by atoms with Gasteiger partial charge in [0.25, 0.3) is 0 Å². The summed E-state index contributed by atoms with van der Waals surface area (Å²) in [5.74, 6) is -0.0757. The first kappa shape index (κ1) is 16.4. The fourth-order valence-corrected chi connectivity index (χ4v) is 3.23. The SMILES string of the molecule is CC(=O)SCC(=O)c1cccc(S(=O)N(C)c2cn[nH]c2)c1. The van der Waals surface area contributed by atoms with Crippen molar-refractivity contribution in [3.05, 3.63) is 42.2 Å². The number of H-pyrrole nitrogens is 1. The van der Waals surface area contributed by atoms with E-state index in [2.05, 4.69) is 10.2 Å². The van der Waals surface area contributed by atoms with E-state index in [1.54, 1.807) is 48.0 Å². The van der Waals surface area contributed by atoms with E-state index in [-0.39, 0.29) is 16.7 Å². The zero-order chi connectivity index (χ0) is 16.1. The van der Waals surface area contributed by atoms with Crippen LogP contribution in [0.25, 0.3) is 0 Å². The molecule has 1 N–H and O–H groups in total. The van der Waals surface area contributed by atoms with Crippen LogP contribution in [0.4, 0.5) is 5.69 Å². The van der Waals surface area contributed by atoms with Crippen molar-refractivity contribution in [1.29, 1.82) is 0 Å². The lowest BCUT2D eigenvalue weighted by Crippen LogP contribution is -2.20. The molecule has 116 valence electrons. The number of rotatable bonds is 6. The van der Waals surface area contributed by atoms with Crippen LogP contribution in [0.1, 0.15) is 17.3 Å². The first-order chi connectivity index (χ1) is 10.5. The number of hydrogen-bond acceptors (Lipinski definition) is 5. The summed E-state index contributed by atoms with van der Waals surface area (Å²) in [6, 6.07) is 6.63. The van der Waals surface area contributed by atoms with Crippen molar-refractivity contribution >= 4 is 39.3 Å². The molecule has 0 radical (unpaired) electrons. The second-order valence-electron chi connectivity index (χ2n) is 4.43. The molecule has 0 aliphatic rings. The molecule has 0 amide bonds. The molecular formula is C14H15N3O3S2. The molecule has 1 heterocycles. The molecule has 1 unspecified atom stereocenters. The van der Waals surface area contributed by atoms with Gasteiger partial charge in [-0.2, -0.15) is 5.10 Å². The van der Waals surface area contributed by atoms with E-state index in [0.29, 0.717) is 16.1 Å². The minimum absolute atomic E-state index is 0.0863. The highest BCUT2D eigenvalue weighted by Crippen LogP contribution is 2.19. The third kappa shape index (κ3) is 4.05. The molecular weight excluding hydrogens is 322 g/mol. The molecule has 6 nitrogen and oxygen atoms in total. The minimum atomic E-state index is -1.45. The standard InChI is InChI=1S/C14H15N3O3S2/c1-10(18)21-9-14(19)11-4-3-5-13(6-11)22(20)17(2)12-7-15-16-8-12/h3-8H,9H2,1-2H3,(H,15,16). The highest BCUT2D eigenvalue weighted by molar-refractivity contribution is 8.14. The number of anilines is 1. The van der Waals surface area contributed by atoms with Gasteiger partial charge in [-0.3, -0.25) is 19.0 Å². The molecule has 2 rings (SSSR count). The number of nitrogens with one attached hydrogen (secondary N) is 1. The zero-order valence-electron chi connectivity index (χ0n) is 12.1. The van der Waals surface area contributed by atoms with E-state index in [9.17, 15) is 13.8 Å². The van der Waals surface area contributed by atoms with Crippen molar-refractivity contribution in [2.45, 2.75) is 11.8 Å². The summed E-state index contributed by atoms with van der Waals surface area (Å²) in [7, 11) is 0.232. The lowest BCUT2D eigenvalue weighted by atomic mass is 10.1. The maximum atomic E-state index is 12.5. The van der Waals surface area contributed by atoms with Crippen LogP contribution < -0.4 is 4.31 Å². The van der Waals surface area contributed by atoms with Crippen molar-refractivity contribution < 1.29 is 13.8 Å². The summed E-state index contributed by atoms with van der Waals surface area (Å²) in [5, 5.41) is 6.37. The van der Waals surface area contributed by atoms with E-state index in [4.69, 9.17) is 0 Å². The van der Waals surface area contributed by atoms with Crippen molar-refractivity contribution in [2.75, 3.05) is 17.1 Å².